The molecular formula is C10H21NO2. The second kappa shape index (κ2) is 5.58. The van der Waals surface area contributed by atoms with Gasteiger partial charge < -0.3 is 15.2 Å². The molecule has 3 heteroatoms. The van der Waals surface area contributed by atoms with Gasteiger partial charge in [0.25, 0.3) is 0 Å². The highest BCUT2D eigenvalue weighted by atomic mass is 16.5. The van der Waals surface area contributed by atoms with Crippen LogP contribution in [0.3, 0.4) is 0 Å². The van der Waals surface area contributed by atoms with Crippen molar-refractivity contribution < 1.29 is 9.84 Å². The van der Waals surface area contributed by atoms with Crippen LogP contribution in [0, 0.1) is 0 Å². The molecule has 3 nitrogen and oxygen atoms in total. The molecule has 0 aliphatic heterocycles. The summed E-state index contributed by atoms with van der Waals surface area (Å²) in [5.41, 5.74) is -0.383. The van der Waals surface area contributed by atoms with Crippen LogP contribution in [0.4, 0.5) is 0 Å². The van der Waals surface area contributed by atoms with Crippen molar-refractivity contribution in [2.24, 2.45) is 0 Å². The van der Waals surface area contributed by atoms with Crippen molar-refractivity contribution in [1.29, 1.82) is 0 Å². The van der Waals surface area contributed by atoms with E-state index >= 15 is 0 Å². The molecule has 1 rings (SSSR count). The van der Waals surface area contributed by atoms with Crippen LogP contribution in [-0.2, 0) is 4.74 Å². The molecule has 0 heterocycles. The van der Waals surface area contributed by atoms with Gasteiger partial charge >= 0.3 is 0 Å². The van der Waals surface area contributed by atoms with Gasteiger partial charge in [-0.2, -0.15) is 0 Å². The molecule has 0 unspecified atom stereocenters. The van der Waals surface area contributed by atoms with Crippen LogP contribution in [0.2, 0.25) is 0 Å². The van der Waals surface area contributed by atoms with Crippen LogP contribution in [0.15, 0.2) is 0 Å². The fourth-order valence-corrected chi connectivity index (χ4v) is 1.53. The quantitative estimate of drug-likeness (QED) is 0.582. The summed E-state index contributed by atoms with van der Waals surface area (Å²) in [6.07, 6.45) is 4.14. The molecule has 0 aromatic rings. The lowest BCUT2D eigenvalue weighted by Gasteiger charge is -2.36. The Bertz CT molecular complexity index is 135. The zero-order valence-electron chi connectivity index (χ0n) is 8.51. The lowest BCUT2D eigenvalue weighted by Crippen LogP contribution is -2.46. The average Bonchev–Trinajstić information content (AvgIpc) is 2.08. The van der Waals surface area contributed by atoms with Crippen molar-refractivity contribution in [3.8, 4) is 0 Å². The first-order valence-corrected chi connectivity index (χ1v) is 5.28. The first-order valence-electron chi connectivity index (χ1n) is 5.28. The molecule has 0 atom stereocenters. The van der Waals surface area contributed by atoms with E-state index in [4.69, 9.17) is 4.74 Å². The minimum atomic E-state index is -0.383. The number of nitrogens with one attached hydrogen (secondary N) is 1. The SMILES string of the molecule is CCOCCCNCC1(O)CCC1. The fourth-order valence-electron chi connectivity index (χ4n) is 1.53. The van der Waals surface area contributed by atoms with Crippen LogP contribution in [0.25, 0.3) is 0 Å². The second-order valence-corrected chi connectivity index (χ2v) is 3.81. The third kappa shape index (κ3) is 4.07. The fraction of sp³-hybridized carbons (Fsp3) is 1.00. The van der Waals surface area contributed by atoms with Crippen LogP contribution >= 0.6 is 0 Å². The summed E-state index contributed by atoms with van der Waals surface area (Å²) in [5.74, 6) is 0. The number of hydrogen-bond acceptors (Lipinski definition) is 3. The third-order valence-corrected chi connectivity index (χ3v) is 2.58. The Kier molecular flexibility index (Phi) is 4.70. The number of rotatable bonds is 7. The van der Waals surface area contributed by atoms with Gasteiger partial charge in [-0.3, -0.25) is 0 Å². The maximum atomic E-state index is 9.72. The Balaban J connectivity index is 1.83. The van der Waals surface area contributed by atoms with Gasteiger partial charge in [-0.25, -0.2) is 0 Å². The zero-order chi connectivity index (χ0) is 9.57. The molecule has 0 saturated heterocycles. The van der Waals surface area contributed by atoms with Crippen molar-refractivity contribution >= 4 is 0 Å². The Labute approximate surface area is 80.5 Å². The molecule has 0 aromatic carbocycles. The van der Waals surface area contributed by atoms with Gasteiger partial charge in [-0.05, 0) is 39.2 Å². The average molecular weight is 187 g/mol. The molecular weight excluding hydrogens is 166 g/mol. The Morgan fingerprint density at radius 2 is 2.23 bits per heavy atom. The second-order valence-electron chi connectivity index (χ2n) is 3.81. The first-order chi connectivity index (χ1) is 6.27. The van der Waals surface area contributed by atoms with Crippen LogP contribution in [0.1, 0.15) is 32.6 Å². The van der Waals surface area contributed by atoms with E-state index in [1.54, 1.807) is 0 Å². The van der Waals surface area contributed by atoms with Gasteiger partial charge in [0.05, 0.1) is 5.60 Å². The summed E-state index contributed by atoms with van der Waals surface area (Å²) in [6.45, 7) is 5.32. The monoisotopic (exact) mass is 187 g/mol. The molecule has 1 saturated carbocycles. The van der Waals surface area contributed by atoms with Crippen molar-refractivity contribution in [1.82, 2.24) is 5.32 Å². The maximum Gasteiger partial charge on any atom is 0.0771 e. The van der Waals surface area contributed by atoms with E-state index in [9.17, 15) is 5.11 Å². The molecule has 1 fully saturated rings. The summed E-state index contributed by atoms with van der Waals surface area (Å²) in [7, 11) is 0. The lowest BCUT2D eigenvalue weighted by atomic mass is 9.80. The number of hydrogen-bond donors (Lipinski definition) is 2. The van der Waals surface area contributed by atoms with E-state index in [2.05, 4.69) is 5.32 Å². The first kappa shape index (κ1) is 11.0. The van der Waals surface area contributed by atoms with E-state index in [1.165, 1.54) is 6.42 Å². The maximum absolute atomic E-state index is 9.72. The molecule has 0 aromatic heterocycles. The van der Waals surface area contributed by atoms with E-state index in [0.717, 1.165) is 45.6 Å². The zero-order valence-corrected chi connectivity index (χ0v) is 8.51. The van der Waals surface area contributed by atoms with Crippen LogP contribution in [-0.4, -0.2) is 37.0 Å². The van der Waals surface area contributed by atoms with E-state index < -0.39 is 0 Å². The van der Waals surface area contributed by atoms with Crippen molar-refractivity contribution in [3.63, 3.8) is 0 Å². The predicted molar refractivity (Wildman–Crippen MR) is 52.8 cm³/mol. The highest BCUT2D eigenvalue weighted by Crippen LogP contribution is 2.30. The molecule has 0 spiro atoms. The van der Waals surface area contributed by atoms with Crippen LogP contribution < -0.4 is 5.32 Å². The molecule has 0 radical (unpaired) electrons. The van der Waals surface area contributed by atoms with Gasteiger partial charge in [-0.15, -0.1) is 0 Å². The third-order valence-electron chi connectivity index (χ3n) is 2.58. The van der Waals surface area contributed by atoms with Crippen molar-refractivity contribution in [3.05, 3.63) is 0 Å². The van der Waals surface area contributed by atoms with Crippen molar-refractivity contribution in [2.75, 3.05) is 26.3 Å². The molecule has 78 valence electrons. The van der Waals surface area contributed by atoms with Crippen molar-refractivity contribution in [2.45, 2.75) is 38.2 Å². The smallest absolute Gasteiger partial charge is 0.0771 e. The van der Waals surface area contributed by atoms with Gasteiger partial charge in [0.15, 0.2) is 0 Å². The summed E-state index contributed by atoms with van der Waals surface area (Å²) < 4.78 is 5.20. The summed E-state index contributed by atoms with van der Waals surface area (Å²) in [5, 5.41) is 13.0. The number of aliphatic hydroxyl groups is 1. The normalized spacial score (nSPS) is 19.8. The molecule has 1 aliphatic rings. The largest absolute Gasteiger partial charge is 0.389 e. The topological polar surface area (TPSA) is 41.5 Å². The predicted octanol–water partition coefficient (Wildman–Crippen LogP) is 0.918. The van der Waals surface area contributed by atoms with Gasteiger partial charge in [0.2, 0.25) is 0 Å². The van der Waals surface area contributed by atoms with E-state index in [-0.39, 0.29) is 5.60 Å². The molecule has 13 heavy (non-hydrogen) atoms. The Hall–Kier alpha value is -0.120. The summed E-state index contributed by atoms with van der Waals surface area (Å²) in [6, 6.07) is 0. The standard InChI is InChI=1S/C10H21NO2/c1-2-13-8-4-7-11-9-10(12)5-3-6-10/h11-12H,2-9H2,1H3. The van der Waals surface area contributed by atoms with Crippen LogP contribution in [0.5, 0.6) is 0 Å². The lowest BCUT2D eigenvalue weighted by molar-refractivity contribution is -0.0313. The Morgan fingerprint density at radius 1 is 1.46 bits per heavy atom. The molecule has 2 N–H and O–H groups in total. The minimum absolute atomic E-state index is 0.383. The Morgan fingerprint density at radius 3 is 2.77 bits per heavy atom. The highest BCUT2D eigenvalue weighted by Gasteiger charge is 2.33. The number of ether oxygens (including phenoxy) is 1. The van der Waals surface area contributed by atoms with E-state index in [0.29, 0.717) is 0 Å². The summed E-state index contributed by atoms with van der Waals surface area (Å²) in [4.78, 5) is 0. The van der Waals surface area contributed by atoms with Gasteiger partial charge in [0.1, 0.15) is 0 Å². The minimum Gasteiger partial charge on any atom is -0.389 e. The van der Waals surface area contributed by atoms with Gasteiger partial charge in [-0.1, -0.05) is 0 Å². The molecule has 0 bridgehead atoms. The summed E-state index contributed by atoms with van der Waals surface area (Å²) >= 11 is 0. The highest BCUT2D eigenvalue weighted by molar-refractivity contribution is 4.89. The van der Waals surface area contributed by atoms with Gasteiger partial charge in [0, 0.05) is 19.8 Å². The molecule has 1 aliphatic carbocycles. The molecule has 0 amide bonds. The van der Waals surface area contributed by atoms with E-state index in [1.807, 2.05) is 6.92 Å².